The molecule has 2 nitrogen and oxygen atoms in total. The molecule has 1 heterocycles. The molecule has 4 rings (SSSR count). The first-order valence-electron chi connectivity index (χ1n) is 6.88. The highest BCUT2D eigenvalue weighted by Crippen LogP contribution is 2.58. The Hall–Kier alpha value is -1.80. The van der Waals surface area contributed by atoms with Crippen LogP contribution in [0.5, 0.6) is 0 Å². The van der Waals surface area contributed by atoms with Gasteiger partial charge < -0.3 is 10.0 Å². The average Bonchev–Trinajstić information content (AvgIpc) is 3.12. The second-order valence-electron chi connectivity index (χ2n) is 5.71. The molecule has 1 fully saturated rings. The zero-order valence-corrected chi connectivity index (χ0v) is 10.8. The van der Waals surface area contributed by atoms with Crippen molar-refractivity contribution >= 4 is 5.69 Å². The van der Waals surface area contributed by atoms with Gasteiger partial charge in [-0.05, 0) is 18.1 Å². The van der Waals surface area contributed by atoms with Gasteiger partial charge in [0.05, 0.1) is 5.60 Å². The Balaban J connectivity index is 1.70. The van der Waals surface area contributed by atoms with E-state index in [2.05, 4.69) is 47.4 Å². The van der Waals surface area contributed by atoms with Gasteiger partial charge in [-0.25, -0.2) is 0 Å². The van der Waals surface area contributed by atoms with Gasteiger partial charge in [0, 0.05) is 30.3 Å². The average molecular weight is 251 g/mol. The van der Waals surface area contributed by atoms with Gasteiger partial charge in [0.25, 0.3) is 0 Å². The molecule has 0 bridgehead atoms. The van der Waals surface area contributed by atoms with E-state index in [1.165, 1.54) is 11.3 Å². The third kappa shape index (κ3) is 1.67. The van der Waals surface area contributed by atoms with E-state index in [9.17, 15) is 5.11 Å². The number of nitrogens with zero attached hydrogens (tertiary/aromatic N) is 1. The Labute approximate surface area is 113 Å². The van der Waals surface area contributed by atoms with Crippen LogP contribution >= 0.6 is 0 Å². The van der Waals surface area contributed by atoms with Gasteiger partial charge in [-0.1, -0.05) is 48.5 Å². The predicted molar refractivity (Wildman–Crippen MR) is 75.9 cm³/mol. The zero-order valence-electron chi connectivity index (χ0n) is 10.8. The topological polar surface area (TPSA) is 23.5 Å². The first kappa shape index (κ1) is 11.1. The van der Waals surface area contributed by atoms with Crippen molar-refractivity contribution in [3.63, 3.8) is 0 Å². The highest BCUT2D eigenvalue weighted by Gasteiger charge is 2.58. The van der Waals surface area contributed by atoms with Gasteiger partial charge in [-0.15, -0.1) is 0 Å². The summed E-state index contributed by atoms with van der Waals surface area (Å²) >= 11 is 0. The summed E-state index contributed by atoms with van der Waals surface area (Å²) in [7, 11) is 0. The molecule has 2 atom stereocenters. The third-order valence-corrected chi connectivity index (χ3v) is 4.44. The minimum atomic E-state index is -0.538. The maximum Gasteiger partial charge on any atom is 0.0967 e. The molecule has 2 unspecified atom stereocenters. The van der Waals surface area contributed by atoms with Crippen LogP contribution in [0.2, 0.25) is 0 Å². The van der Waals surface area contributed by atoms with Crippen molar-refractivity contribution in [3.8, 4) is 0 Å². The summed E-state index contributed by atoms with van der Waals surface area (Å²) in [5.74, 6) is 0.408. The fourth-order valence-corrected chi connectivity index (χ4v) is 3.30. The molecule has 0 saturated heterocycles. The number of aliphatic hydroxyl groups is 1. The van der Waals surface area contributed by atoms with Crippen LogP contribution in [0, 0.1) is 5.92 Å². The minimum Gasteiger partial charge on any atom is -0.385 e. The molecule has 2 aliphatic rings. The first-order chi connectivity index (χ1) is 9.27. The van der Waals surface area contributed by atoms with Gasteiger partial charge >= 0.3 is 0 Å². The normalized spacial score (nSPS) is 27.6. The zero-order chi connectivity index (χ0) is 12.9. The number of rotatable bonds is 2. The molecule has 1 aliphatic carbocycles. The predicted octanol–water partition coefficient (Wildman–Crippen LogP) is 2.91. The van der Waals surface area contributed by atoms with E-state index in [-0.39, 0.29) is 0 Å². The summed E-state index contributed by atoms with van der Waals surface area (Å²) in [5.41, 5.74) is 3.09. The Morgan fingerprint density at radius 3 is 2.63 bits per heavy atom. The molecule has 0 spiro atoms. The van der Waals surface area contributed by atoms with Gasteiger partial charge in [0.1, 0.15) is 0 Å². The van der Waals surface area contributed by atoms with E-state index < -0.39 is 5.60 Å². The smallest absolute Gasteiger partial charge is 0.0967 e. The number of hydrogen-bond donors (Lipinski definition) is 1. The number of benzene rings is 2. The molecule has 96 valence electrons. The van der Waals surface area contributed by atoms with Crippen molar-refractivity contribution in [3.05, 3.63) is 65.7 Å². The Kier molecular flexibility index (Phi) is 2.24. The minimum absolute atomic E-state index is 0.408. The fourth-order valence-electron chi connectivity index (χ4n) is 3.30. The maximum atomic E-state index is 10.6. The molecule has 1 saturated carbocycles. The summed E-state index contributed by atoms with van der Waals surface area (Å²) in [6, 6.07) is 18.8. The SMILES string of the molecule is OC12CC1CN(Cc1ccccc1)c1ccccc12. The van der Waals surface area contributed by atoms with Crippen LogP contribution in [0.4, 0.5) is 5.69 Å². The molecule has 2 aromatic carbocycles. The van der Waals surface area contributed by atoms with Crippen LogP contribution < -0.4 is 4.90 Å². The summed E-state index contributed by atoms with van der Waals surface area (Å²) < 4.78 is 0. The van der Waals surface area contributed by atoms with Crippen molar-refractivity contribution in [2.75, 3.05) is 11.4 Å². The third-order valence-electron chi connectivity index (χ3n) is 4.44. The lowest BCUT2D eigenvalue weighted by molar-refractivity contribution is 0.128. The van der Waals surface area contributed by atoms with Gasteiger partial charge in [-0.2, -0.15) is 0 Å². The summed E-state index contributed by atoms with van der Waals surface area (Å²) in [6.45, 7) is 1.88. The van der Waals surface area contributed by atoms with E-state index in [1.807, 2.05) is 12.1 Å². The van der Waals surface area contributed by atoms with Crippen LogP contribution in [0.3, 0.4) is 0 Å². The molecule has 0 amide bonds. The molecular formula is C17H17NO. The van der Waals surface area contributed by atoms with Gasteiger partial charge in [0.2, 0.25) is 0 Å². The first-order valence-corrected chi connectivity index (χ1v) is 6.88. The van der Waals surface area contributed by atoms with Crippen LogP contribution in [0.15, 0.2) is 54.6 Å². The second-order valence-corrected chi connectivity index (χ2v) is 5.71. The van der Waals surface area contributed by atoms with E-state index in [1.54, 1.807) is 0 Å². The summed E-state index contributed by atoms with van der Waals surface area (Å²) in [4.78, 5) is 2.40. The van der Waals surface area contributed by atoms with Crippen molar-refractivity contribution in [1.82, 2.24) is 0 Å². The largest absolute Gasteiger partial charge is 0.385 e. The fraction of sp³-hybridized carbons (Fsp3) is 0.294. The van der Waals surface area contributed by atoms with Crippen molar-refractivity contribution in [1.29, 1.82) is 0 Å². The molecule has 2 heteroatoms. The van der Waals surface area contributed by atoms with Gasteiger partial charge in [-0.3, -0.25) is 0 Å². The standard InChI is InChI=1S/C17H17NO/c19-17-10-14(17)12-18(11-13-6-2-1-3-7-13)16-9-5-4-8-15(16)17/h1-9,14,19H,10-12H2. The Morgan fingerprint density at radius 2 is 1.79 bits per heavy atom. The van der Waals surface area contributed by atoms with Crippen molar-refractivity contribution in [2.24, 2.45) is 5.92 Å². The van der Waals surface area contributed by atoms with Crippen LogP contribution in [0.25, 0.3) is 0 Å². The van der Waals surface area contributed by atoms with Crippen LogP contribution in [0.1, 0.15) is 17.5 Å². The van der Waals surface area contributed by atoms with Crippen molar-refractivity contribution in [2.45, 2.75) is 18.6 Å². The lowest BCUT2D eigenvalue weighted by atomic mass is 9.98. The molecule has 2 aromatic rings. The molecular weight excluding hydrogens is 234 g/mol. The summed E-state index contributed by atoms with van der Waals surface area (Å²) in [6.07, 6.45) is 0.912. The summed E-state index contributed by atoms with van der Waals surface area (Å²) in [5, 5.41) is 10.6. The molecule has 19 heavy (non-hydrogen) atoms. The molecule has 1 N–H and O–H groups in total. The molecule has 0 radical (unpaired) electrons. The van der Waals surface area contributed by atoms with Crippen LogP contribution in [-0.4, -0.2) is 11.7 Å². The number of fused-ring (bicyclic) bond motifs is 3. The van der Waals surface area contributed by atoms with E-state index in [0.717, 1.165) is 25.1 Å². The molecule has 1 aliphatic heterocycles. The van der Waals surface area contributed by atoms with Crippen LogP contribution in [-0.2, 0) is 12.1 Å². The van der Waals surface area contributed by atoms with Crippen molar-refractivity contribution < 1.29 is 5.11 Å². The highest BCUT2D eigenvalue weighted by atomic mass is 16.3. The highest BCUT2D eigenvalue weighted by molar-refractivity contribution is 5.61. The van der Waals surface area contributed by atoms with E-state index >= 15 is 0 Å². The number of hydrogen-bond acceptors (Lipinski definition) is 2. The second kappa shape index (κ2) is 3.84. The number of anilines is 1. The monoisotopic (exact) mass is 251 g/mol. The maximum absolute atomic E-state index is 10.6. The number of para-hydroxylation sites is 1. The van der Waals surface area contributed by atoms with E-state index in [4.69, 9.17) is 0 Å². The van der Waals surface area contributed by atoms with Gasteiger partial charge in [0.15, 0.2) is 0 Å². The quantitative estimate of drug-likeness (QED) is 0.887. The molecule has 0 aromatic heterocycles. The van der Waals surface area contributed by atoms with E-state index in [0.29, 0.717) is 5.92 Å². The lowest BCUT2D eigenvalue weighted by Crippen LogP contribution is -2.33. The Morgan fingerprint density at radius 1 is 1.05 bits per heavy atom. The lowest BCUT2D eigenvalue weighted by Gasteiger charge is -2.33. The Bertz CT molecular complexity index is 610.